The topological polar surface area (TPSA) is 87.3 Å². The van der Waals surface area contributed by atoms with E-state index in [1.165, 1.54) is 55.6 Å². The number of amides is 3. The van der Waals surface area contributed by atoms with Crippen molar-refractivity contribution in [2.75, 3.05) is 28.7 Å². The Morgan fingerprint density at radius 2 is 1.91 bits per heavy atom. The Morgan fingerprint density at radius 1 is 1.09 bits per heavy atom. The molecule has 0 saturated heterocycles. The molecule has 1 fully saturated rings. The third-order valence-corrected chi connectivity index (χ3v) is 7.82. The first-order valence-corrected chi connectivity index (χ1v) is 12.9. The van der Waals surface area contributed by atoms with Gasteiger partial charge in [-0.1, -0.05) is 31.4 Å². The van der Waals surface area contributed by atoms with Crippen molar-refractivity contribution in [2.24, 2.45) is 5.92 Å². The van der Waals surface area contributed by atoms with Crippen LogP contribution in [-0.4, -0.2) is 35.8 Å². The van der Waals surface area contributed by atoms with Gasteiger partial charge in [0.05, 0.1) is 22.8 Å². The number of carbonyl (C=O) groups excluding carboxylic acids is 3. The Balaban J connectivity index is 1.34. The van der Waals surface area contributed by atoms with Crippen molar-refractivity contribution < 1.29 is 14.4 Å². The minimum atomic E-state index is -0.245. The third kappa shape index (κ3) is 6.07. The number of hydrogen-bond donors (Lipinski definition) is 3. The molecule has 0 atom stereocenters. The standard InChI is InChI=1S/C24H27N3O3S2/c28-22(25-13-16-6-2-1-3-7-16)14-31-20-9-5-4-8-18(20)24(30)26-17-10-11-21-19(12-17)27-23(29)15-32-21/h4-5,8-12,16H,1-3,6-7,13-15H2,(H,25,28)(H,26,30)(H,27,29). The first-order valence-electron chi connectivity index (χ1n) is 10.9. The van der Waals surface area contributed by atoms with Crippen molar-refractivity contribution >= 4 is 52.6 Å². The van der Waals surface area contributed by atoms with Crippen molar-refractivity contribution in [1.29, 1.82) is 0 Å². The number of benzene rings is 2. The fourth-order valence-corrected chi connectivity index (χ4v) is 5.65. The summed E-state index contributed by atoms with van der Waals surface area (Å²) in [5.41, 5.74) is 1.84. The second kappa shape index (κ2) is 10.9. The molecule has 0 aromatic heterocycles. The summed E-state index contributed by atoms with van der Waals surface area (Å²) in [6, 6.07) is 12.8. The number of nitrogens with one attached hydrogen (secondary N) is 3. The van der Waals surface area contributed by atoms with Gasteiger partial charge >= 0.3 is 0 Å². The van der Waals surface area contributed by atoms with Crippen LogP contribution in [0.3, 0.4) is 0 Å². The number of hydrogen-bond acceptors (Lipinski definition) is 5. The summed E-state index contributed by atoms with van der Waals surface area (Å²) in [7, 11) is 0. The van der Waals surface area contributed by atoms with E-state index in [1.54, 1.807) is 12.1 Å². The number of fused-ring (bicyclic) bond motifs is 1. The average Bonchev–Trinajstić information content (AvgIpc) is 2.82. The molecule has 2 aromatic carbocycles. The van der Waals surface area contributed by atoms with Crippen LogP contribution in [0.1, 0.15) is 42.5 Å². The van der Waals surface area contributed by atoms with Crippen molar-refractivity contribution in [1.82, 2.24) is 5.32 Å². The van der Waals surface area contributed by atoms with E-state index in [0.29, 0.717) is 28.6 Å². The molecule has 32 heavy (non-hydrogen) atoms. The SMILES string of the molecule is O=C(CSc1ccccc1C(=O)Nc1ccc2c(c1)NC(=O)CS2)NCC1CCCCC1. The van der Waals surface area contributed by atoms with Crippen molar-refractivity contribution in [2.45, 2.75) is 41.9 Å². The molecule has 0 bridgehead atoms. The highest BCUT2D eigenvalue weighted by molar-refractivity contribution is 8.00. The Hall–Kier alpha value is -2.45. The Bertz CT molecular complexity index is 1010. The number of thioether (sulfide) groups is 2. The predicted molar refractivity (Wildman–Crippen MR) is 130 cm³/mol. The van der Waals surface area contributed by atoms with Crippen molar-refractivity contribution in [3.05, 3.63) is 48.0 Å². The highest BCUT2D eigenvalue weighted by Crippen LogP contribution is 2.33. The molecule has 0 radical (unpaired) electrons. The van der Waals surface area contributed by atoms with Crippen LogP contribution >= 0.6 is 23.5 Å². The molecule has 8 heteroatoms. The molecular formula is C24H27N3O3S2. The fourth-order valence-electron chi connectivity index (χ4n) is 3.98. The van der Waals surface area contributed by atoms with Gasteiger partial charge < -0.3 is 16.0 Å². The van der Waals surface area contributed by atoms with Gasteiger partial charge in [-0.05, 0) is 49.1 Å². The quantitative estimate of drug-likeness (QED) is 0.509. The van der Waals surface area contributed by atoms with E-state index in [2.05, 4.69) is 16.0 Å². The van der Waals surface area contributed by atoms with Crippen molar-refractivity contribution in [3.8, 4) is 0 Å². The average molecular weight is 470 g/mol. The van der Waals surface area contributed by atoms with Gasteiger partial charge in [0, 0.05) is 22.0 Å². The second-order valence-corrected chi connectivity index (χ2v) is 10.1. The minimum Gasteiger partial charge on any atom is -0.355 e. The molecular weight excluding hydrogens is 442 g/mol. The maximum Gasteiger partial charge on any atom is 0.256 e. The zero-order valence-electron chi connectivity index (χ0n) is 17.8. The van der Waals surface area contributed by atoms with E-state index in [4.69, 9.17) is 0 Å². The van der Waals surface area contributed by atoms with Gasteiger partial charge in [-0.3, -0.25) is 14.4 Å². The molecule has 1 aliphatic heterocycles. The zero-order chi connectivity index (χ0) is 22.3. The monoisotopic (exact) mass is 469 g/mol. The summed E-state index contributed by atoms with van der Waals surface area (Å²) < 4.78 is 0. The van der Waals surface area contributed by atoms with E-state index in [1.807, 2.05) is 30.3 Å². The second-order valence-electron chi connectivity index (χ2n) is 8.09. The molecule has 0 unspecified atom stereocenters. The van der Waals surface area contributed by atoms with Crippen LogP contribution in [0.15, 0.2) is 52.3 Å². The molecule has 1 heterocycles. The Kier molecular flexibility index (Phi) is 7.76. The van der Waals surface area contributed by atoms with E-state index in [0.717, 1.165) is 16.3 Å². The molecule has 3 N–H and O–H groups in total. The largest absolute Gasteiger partial charge is 0.355 e. The molecule has 168 valence electrons. The van der Waals surface area contributed by atoms with Crippen LogP contribution in [-0.2, 0) is 9.59 Å². The summed E-state index contributed by atoms with van der Waals surface area (Å²) >= 11 is 2.85. The predicted octanol–water partition coefficient (Wildman–Crippen LogP) is 4.77. The van der Waals surface area contributed by atoms with Gasteiger partial charge in [0.2, 0.25) is 11.8 Å². The molecule has 0 spiro atoms. The van der Waals surface area contributed by atoms with Gasteiger partial charge in [-0.2, -0.15) is 0 Å². The summed E-state index contributed by atoms with van der Waals surface area (Å²) in [4.78, 5) is 38.6. The number of rotatable bonds is 7. The molecule has 1 saturated carbocycles. The highest BCUT2D eigenvalue weighted by atomic mass is 32.2. The van der Waals surface area contributed by atoms with Crippen LogP contribution in [0, 0.1) is 5.92 Å². The lowest BCUT2D eigenvalue weighted by atomic mass is 9.89. The summed E-state index contributed by atoms with van der Waals surface area (Å²) in [5.74, 6) is 0.977. The Labute approximate surface area is 196 Å². The van der Waals surface area contributed by atoms with E-state index >= 15 is 0 Å². The summed E-state index contributed by atoms with van der Waals surface area (Å²) in [5, 5.41) is 8.79. The van der Waals surface area contributed by atoms with Gasteiger partial charge in [-0.15, -0.1) is 23.5 Å². The fraction of sp³-hybridized carbons (Fsp3) is 0.375. The van der Waals surface area contributed by atoms with E-state index in [9.17, 15) is 14.4 Å². The first kappa shape index (κ1) is 22.7. The molecule has 1 aliphatic carbocycles. The maximum atomic E-state index is 12.9. The van der Waals surface area contributed by atoms with Crippen LogP contribution in [0.2, 0.25) is 0 Å². The first-order chi connectivity index (χ1) is 15.6. The van der Waals surface area contributed by atoms with E-state index < -0.39 is 0 Å². The molecule has 2 aromatic rings. The maximum absolute atomic E-state index is 12.9. The van der Waals surface area contributed by atoms with Gasteiger partial charge in [-0.25, -0.2) is 0 Å². The zero-order valence-corrected chi connectivity index (χ0v) is 19.4. The van der Waals surface area contributed by atoms with Gasteiger partial charge in [0.1, 0.15) is 0 Å². The number of carbonyl (C=O) groups is 3. The van der Waals surface area contributed by atoms with E-state index in [-0.39, 0.29) is 23.5 Å². The number of anilines is 2. The molecule has 2 aliphatic rings. The normalized spacial score (nSPS) is 16.1. The lowest BCUT2D eigenvalue weighted by Crippen LogP contribution is -2.31. The molecule has 3 amide bonds. The minimum absolute atomic E-state index is 0.00119. The molecule has 6 nitrogen and oxygen atoms in total. The lowest BCUT2D eigenvalue weighted by molar-refractivity contribution is -0.118. The smallest absolute Gasteiger partial charge is 0.256 e. The van der Waals surface area contributed by atoms with Crippen LogP contribution in [0.25, 0.3) is 0 Å². The van der Waals surface area contributed by atoms with Crippen LogP contribution in [0.5, 0.6) is 0 Å². The summed E-state index contributed by atoms with van der Waals surface area (Å²) in [6.45, 7) is 0.745. The highest BCUT2D eigenvalue weighted by Gasteiger charge is 2.18. The molecule has 4 rings (SSSR count). The third-order valence-electron chi connectivity index (χ3n) is 5.67. The summed E-state index contributed by atoms with van der Waals surface area (Å²) in [6.07, 6.45) is 6.21. The van der Waals surface area contributed by atoms with Crippen molar-refractivity contribution in [3.63, 3.8) is 0 Å². The van der Waals surface area contributed by atoms with Gasteiger partial charge in [0.25, 0.3) is 5.91 Å². The van der Waals surface area contributed by atoms with Crippen LogP contribution < -0.4 is 16.0 Å². The Morgan fingerprint density at radius 3 is 2.75 bits per heavy atom. The van der Waals surface area contributed by atoms with Gasteiger partial charge in [0.15, 0.2) is 0 Å². The van der Waals surface area contributed by atoms with Crippen LogP contribution in [0.4, 0.5) is 11.4 Å². The lowest BCUT2D eigenvalue weighted by Gasteiger charge is -2.21.